The topological polar surface area (TPSA) is 48.3 Å². The number of imidazole rings is 2. The average Bonchev–Trinajstić information content (AvgIpc) is 3.41. The van der Waals surface area contributed by atoms with Crippen LogP contribution in [-0.4, -0.2) is 18.9 Å². The van der Waals surface area contributed by atoms with Gasteiger partial charge in [0, 0.05) is 17.0 Å². The summed E-state index contributed by atoms with van der Waals surface area (Å²) in [5.74, 6) is 0.953. The Morgan fingerprint density at radius 3 is 2.93 bits per heavy atom. The third-order valence-electron chi connectivity index (χ3n) is 6.08. The summed E-state index contributed by atoms with van der Waals surface area (Å²) in [6, 6.07) is 16.9. The van der Waals surface area contributed by atoms with E-state index in [0.29, 0.717) is 5.71 Å². The van der Waals surface area contributed by atoms with Crippen molar-refractivity contribution in [1.82, 2.24) is 18.9 Å². The highest BCUT2D eigenvalue weighted by Crippen LogP contribution is 2.34. The lowest BCUT2D eigenvalue weighted by atomic mass is 10.1. The molecular formula is C25H18N4O. The number of nitrogens with zero attached hydrogens (tertiary/aromatic N) is 4. The highest BCUT2D eigenvalue weighted by Gasteiger charge is 2.22. The quantitative estimate of drug-likeness (QED) is 0.354. The molecule has 0 saturated carbocycles. The number of fused-ring (bicyclic) bond motifs is 8. The molecular weight excluding hydrogens is 372 g/mol. The highest BCUT2D eigenvalue weighted by atomic mass is 16.3. The van der Waals surface area contributed by atoms with Gasteiger partial charge in [0.05, 0.1) is 28.1 Å². The summed E-state index contributed by atoms with van der Waals surface area (Å²) in [5, 5.41) is 2.13. The maximum Gasteiger partial charge on any atom is 0.227 e. The molecule has 0 spiro atoms. The fourth-order valence-electron chi connectivity index (χ4n) is 4.75. The number of para-hydroxylation sites is 2. The molecule has 2 aromatic carbocycles. The number of hydrogen-bond donors (Lipinski definition) is 0. The van der Waals surface area contributed by atoms with E-state index in [9.17, 15) is 0 Å². The predicted octanol–water partition coefficient (Wildman–Crippen LogP) is 5.84. The number of aromatic nitrogens is 4. The molecule has 0 amide bonds. The Kier molecular flexibility index (Phi) is 2.99. The number of hydrogen-bond acceptors (Lipinski definition) is 3. The number of rotatable bonds is 1. The Hall–Kier alpha value is -3.86. The molecule has 30 heavy (non-hydrogen) atoms. The maximum absolute atomic E-state index is 5.97. The number of aryl methyl sites for hydroxylation is 2. The van der Waals surface area contributed by atoms with Gasteiger partial charge in [-0.25, -0.2) is 9.97 Å². The van der Waals surface area contributed by atoms with Gasteiger partial charge in [-0.1, -0.05) is 18.2 Å². The van der Waals surface area contributed by atoms with Gasteiger partial charge in [0.15, 0.2) is 0 Å². The summed E-state index contributed by atoms with van der Waals surface area (Å²) in [5.41, 5.74) is 8.44. The van der Waals surface area contributed by atoms with E-state index in [1.807, 2.05) is 18.3 Å². The van der Waals surface area contributed by atoms with E-state index in [1.165, 1.54) is 11.4 Å². The second-order valence-corrected chi connectivity index (χ2v) is 7.99. The molecule has 0 aliphatic heterocycles. The molecule has 0 atom stereocenters. The lowest BCUT2D eigenvalue weighted by molar-refractivity contribution is 0.654. The first-order chi connectivity index (χ1) is 14.8. The molecule has 144 valence electrons. The maximum atomic E-state index is 5.97. The summed E-state index contributed by atoms with van der Waals surface area (Å²) in [6.07, 6.45) is 8.38. The summed E-state index contributed by atoms with van der Waals surface area (Å²) in [7, 11) is 0. The Balaban J connectivity index is 1.60. The van der Waals surface area contributed by atoms with Crippen molar-refractivity contribution in [3.8, 4) is 5.69 Å². The molecule has 5 heteroatoms. The first-order valence-corrected chi connectivity index (χ1v) is 10.2. The van der Waals surface area contributed by atoms with Gasteiger partial charge in [-0.15, -0.1) is 0 Å². The van der Waals surface area contributed by atoms with Crippen molar-refractivity contribution in [2.24, 2.45) is 0 Å². The van der Waals surface area contributed by atoms with Crippen LogP contribution in [0.1, 0.15) is 23.4 Å². The van der Waals surface area contributed by atoms with Gasteiger partial charge in [0.2, 0.25) is 11.5 Å². The van der Waals surface area contributed by atoms with Crippen LogP contribution in [0.4, 0.5) is 0 Å². The van der Waals surface area contributed by atoms with Crippen molar-refractivity contribution in [3.05, 3.63) is 77.8 Å². The summed E-state index contributed by atoms with van der Waals surface area (Å²) in [6.45, 7) is 2.06. The van der Waals surface area contributed by atoms with E-state index in [0.717, 1.165) is 57.3 Å². The molecule has 4 heterocycles. The fourth-order valence-corrected chi connectivity index (χ4v) is 4.75. The molecule has 0 unspecified atom stereocenters. The molecule has 4 aromatic heterocycles. The Morgan fingerprint density at radius 2 is 1.97 bits per heavy atom. The third kappa shape index (κ3) is 2.01. The Morgan fingerprint density at radius 1 is 1.03 bits per heavy atom. The Bertz CT molecular complexity index is 1660. The van der Waals surface area contributed by atoms with Crippen molar-refractivity contribution in [2.45, 2.75) is 19.8 Å². The molecule has 0 saturated heterocycles. The van der Waals surface area contributed by atoms with Crippen molar-refractivity contribution in [1.29, 1.82) is 0 Å². The van der Waals surface area contributed by atoms with Crippen LogP contribution in [0, 0.1) is 6.92 Å². The van der Waals surface area contributed by atoms with Gasteiger partial charge in [-0.3, -0.25) is 8.97 Å². The summed E-state index contributed by atoms with van der Waals surface area (Å²) in [4.78, 5) is 9.46. The lowest BCUT2D eigenvalue weighted by Crippen LogP contribution is -2.01. The van der Waals surface area contributed by atoms with Gasteiger partial charge >= 0.3 is 0 Å². The number of furan rings is 1. The van der Waals surface area contributed by atoms with E-state index in [-0.39, 0.29) is 0 Å². The minimum Gasteiger partial charge on any atom is -0.438 e. The van der Waals surface area contributed by atoms with Gasteiger partial charge < -0.3 is 4.42 Å². The van der Waals surface area contributed by atoms with Crippen LogP contribution >= 0.6 is 0 Å². The molecule has 1 aliphatic rings. The molecule has 0 bridgehead atoms. The standard InChI is InChI=1S/C25H18N4O/c1-15-12-18-17-13-16(10-11-23(17)30-24(18)26-14-15)28-21-8-4-5-9-22(21)29-20-7-3-2-6-19(20)27-25(28)29/h2-4,6-8,10-14H,5,9H2,1H3. The number of pyridine rings is 1. The zero-order valence-electron chi connectivity index (χ0n) is 16.5. The van der Waals surface area contributed by atoms with Crippen LogP contribution in [0.15, 0.2) is 65.2 Å². The molecule has 1 aliphatic carbocycles. The summed E-state index contributed by atoms with van der Waals surface area (Å²) >= 11 is 0. The first-order valence-electron chi connectivity index (χ1n) is 10.2. The second-order valence-electron chi connectivity index (χ2n) is 7.99. The predicted molar refractivity (Wildman–Crippen MR) is 119 cm³/mol. The van der Waals surface area contributed by atoms with Gasteiger partial charge in [-0.05, 0) is 67.8 Å². The van der Waals surface area contributed by atoms with Crippen molar-refractivity contribution in [3.63, 3.8) is 0 Å². The minimum absolute atomic E-state index is 0.680. The smallest absolute Gasteiger partial charge is 0.227 e. The van der Waals surface area contributed by atoms with E-state index < -0.39 is 0 Å². The van der Waals surface area contributed by atoms with E-state index in [1.54, 1.807) is 0 Å². The largest absolute Gasteiger partial charge is 0.438 e. The van der Waals surface area contributed by atoms with Crippen LogP contribution in [-0.2, 0) is 6.42 Å². The van der Waals surface area contributed by atoms with E-state index >= 15 is 0 Å². The summed E-state index contributed by atoms with van der Waals surface area (Å²) < 4.78 is 10.6. The fraction of sp³-hybridized carbons (Fsp3) is 0.120. The SMILES string of the molecule is Cc1cnc2oc3ccc(-n4c5c(n6c7ccccc7nc46)CCC=C5)cc3c2c1. The third-order valence-corrected chi connectivity index (χ3v) is 6.08. The molecule has 5 nitrogen and oxygen atoms in total. The minimum atomic E-state index is 0.680. The Labute approximate surface area is 171 Å². The second kappa shape index (κ2) is 5.60. The van der Waals surface area contributed by atoms with Crippen LogP contribution in [0.3, 0.4) is 0 Å². The first kappa shape index (κ1) is 16.0. The van der Waals surface area contributed by atoms with Crippen LogP contribution in [0.5, 0.6) is 0 Å². The van der Waals surface area contributed by atoms with Gasteiger partial charge in [0.25, 0.3) is 0 Å². The number of benzene rings is 2. The monoisotopic (exact) mass is 390 g/mol. The zero-order chi connectivity index (χ0) is 19.8. The lowest BCUT2D eigenvalue weighted by Gasteiger charge is -2.10. The van der Waals surface area contributed by atoms with Crippen molar-refractivity contribution in [2.75, 3.05) is 0 Å². The van der Waals surface area contributed by atoms with Crippen LogP contribution < -0.4 is 0 Å². The molecule has 0 fully saturated rings. The number of allylic oxidation sites excluding steroid dienone is 1. The van der Waals surface area contributed by atoms with Crippen molar-refractivity contribution < 1.29 is 4.42 Å². The zero-order valence-corrected chi connectivity index (χ0v) is 16.5. The van der Waals surface area contributed by atoms with E-state index in [4.69, 9.17) is 9.40 Å². The van der Waals surface area contributed by atoms with Gasteiger partial charge in [-0.2, -0.15) is 0 Å². The van der Waals surface area contributed by atoms with Crippen LogP contribution in [0.25, 0.3) is 50.6 Å². The average molecular weight is 390 g/mol. The molecule has 0 N–H and O–H groups in total. The molecule has 6 aromatic rings. The van der Waals surface area contributed by atoms with Crippen molar-refractivity contribution >= 4 is 45.0 Å². The van der Waals surface area contributed by atoms with Crippen LogP contribution in [0.2, 0.25) is 0 Å². The normalized spacial score (nSPS) is 13.8. The van der Waals surface area contributed by atoms with Gasteiger partial charge in [0.1, 0.15) is 5.58 Å². The highest BCUT2D eigenvalue weighted by molar-refractivity contribution is 6.04. The van der Waals surface area contributed by atoms with E-state index in [2.05, 4.69) is 69.4 Å². The molecule has 0 radical (unpaired) electrons. The molecule has 7 rings (SSSR count).